The molecule has 0 heterocycles. The number of ether oxygens (including phenoxy) is 1. The summed E-state index contributed by atoms with van der Waals surface area (Å²) in [7, 11) is 0. The van der Waals surface area contributed by atoms with E-state index in [9.17, 15) is 5.11 Å². The van der Waals surface area contributed by atoms with Crippen LogP contribution in [0.5, 0.6) is 5.75 Å². The minimum absolute atomic E-state index is 0.460. The van der Waals surface area contributed by atoms with E-state index in [1.54, 1.807) is 6.92 Å². The van der Waals surface area contributed by atoms with Crippen molar-refractivity contribution >= 4 is 0 Å². The molecule has 1 aromatic carbocycles. The van der Waals surface area contributed by atoms with E-state index in [1.165, 1.54) is 25.7 Å². The lowest BCUT2D eigenvalue weighted by atomic mass is 10.1. The van der Waals surface area contributed by atoms with Gasteiger partial charge in [-0.3, -0.25) is 0 Å². The van der Waals surface area contributed by atoms with Gasteiger partial charge in [0.05, 0.1) is 12.7 Å². The van der Waals surface area contributed by atoms with Crippen LogP contribution in [0.2, 0.25) is 0 Å². The Bertz CT molecular complexity index is 341. The van der Waals surface area contributed by atoms with Crippen LogP contribution in [-0.2, 0) is 0 Å². The predicted octanol–water partition coefficient (Wildman–Crippen LogP) is 3.70. The van der Waals surface area contributed by atoms with Gasteiger partial charge in [0.1, 0.15) is 5.75 Å². The lowest BCUT2D eigenvalue weighted by Crippen LogP contribution is -2.06. The van der Waals surface area contributed by atoms with Gasteiger partial charge in [-0.15, -0.1) is 0 Å². The number of hydrogen-bond acceptors (Lipinski definition) is 2. The van der Waals surface area contributed by atoms with Crippen molar-refractivity contribution in [3.63, 3.8) is 0 Å². The molecule has 2 heteroatoms. The van der Waals surface area contributed by atoms with Crippen molar-refractivity contribution in [2.24, 2.45) is 5.92 Å². The standard InChI is InChI=1S/C15H22O2/c1-12(16)14-8-4-5-9-15(14)17-11-10-13-6-2-3-7-13/h4-5,8-9,12-13,16H,2-3,6-7,10-11H2,1H3. The zero-order valence-electron chi connectivity index (χ0n) is 10.6. The van der Waals surface area contributed by atoms with Crippen molar-refractivity contribution < 1.29 is 9.84 Å². The van der Waals surface area contributed by atoms with Crippen LogP contribution in [0.4, 0.5) is 0 Å². The second-order valence-corrected chi connectivity index (χ2v) is 5.00. The van der Waals surface area contributed by atoms with Crippen molar-refractivity contribution in [3.05, 3.63) is 29.8 Å². The summed E-state index contributed by atoms with van der Waals surface area (Å²) in [5.41, 5.74) is 0.888. The van der Waals surface area contributed by atoms with Gasteiger partial charge in [0.2, 0.25) is 0 Å². The van der Waals surface area contributed by atoms with Crippen LogP contribution in [0.3, 0.4) is 0 Å². The normalized spacial score (nSPS) is 18.2. The molecule has 0 spiro atoms. The summed E-state index contributed by atoms with van der Waals surface area (Å²) in [6.07, 6.45) is 6.18. The molecule has 1 aromatic rings. The highest BCUT2D eigenvalue weighted by Gasteiger charge is 2.15. The third-order valence-electron chi connectivity index (χ3n) is 3.63. The molecule has 1 atom stereocenters. The van der Waals surface area contributed by atoms with E-state index in [0.717, 1.165) is 30.3 Å². The van der Waals surface area contributed by atoms with Crippen molar-refractivity contribution in [3.8, 4) is 5.75 Å². The number of aliphatic hydroxyl groups is 1. The molecule has 0 aliphatic heterocycles. The molecule has 2 rings (SSSR count). The molecular formula is C15H22O2. The molecule has 1 fully saturated rings. The maximum Gasteiger partial charge on any atom is 0.125 e. The van der Waals surface area contributed by atoms with E-state index in [-0.39, 0.29) is 0 Å². The fraction of sp³-hybridized carbons (Fsp3) is 0.600. The Balaban J connectivity index is 1.85. The third-order valence-corrected chi connectivity index (χ3v) is 3.63. The van der Waals surface area contributed by atoms with Crippen LogP contribution >= 0.6 is 0 Å². The van der Waals surface area contributed by atoms with Crippen LogP contribution in [0.15, 0.2) is 24.3 Å². The second kappa shape index (κ2) is 6.06. The quantitative estimate of drug-likeness (QED) is 0.841. The first kappa shape index (κ1) is 12.4. The minimum Gasteiger partial charge on any atom is -0.493 e. The summed E-state index contributed by atoms with van der Waals surface area (Å²) in [6, 6.07) is 7.76. The van der Waals surface area contributed by atoms with Crippen LogP contribution in [0.25, 0.3) is 0 Å². The van der Waals surface area contributed by atoms with Crippen molar-refractivity contribution in [1.82, 2.24) is 0 Å². The molecule has 0 saturated heterocycles. The Morgan fingerprint density at radius 1 is 1.29 bits per heavy atom. The lowest BCUT2D eigenvalue weighted by Gasteiger charge is -2.14. The molecule has 0 amide bonds. The molecule has 94 valence electrons. The van der Waals surface area contributed by atoms with Gasteiger partial charge in [0, 0.05) is 5.56 Å². The van der Waals surface area contributed by atoms with E-state index in [2.05, 4.69) is 0 Å². The number of hydrogen-bond donors (Lipinski definition) is 1. The summed E-state index contributed by atoms with van der Waals surface area (Å²) in [5, 5.41) is 9.64. The van der Waals surface area contributed by atoms with Crippen molar-refractivity contribution in [2.75, 3.05) is 6.61 Å². The largest absolute Gasteiger partial charge is 0.493 e. The zero-order chi connectivity index (χ0) is 12.1. The van der Waals surface area contributed by atoms with Crippen molar-refractivity contribution in [1.29, 1.82) is 0 Å². The average molecular weight is 234 g/mol. The molecule has 0 radical (unpaired) electrons. The lowest BCUT2D eigenvalue weighted by molar-refractivity contribution is 0.189. The monoisotopic (exact) mass is 234 g/mol. The molecule has 0 bridgehead atoms. The Labute approximate surface area is 104 Å². The first-order valence-corrected chi connectivity index (χ1v) is 6.67. The average Bonchev–Trinajstić information content (AvgIpc) is 2.82. The van der Waals surface area contributed by atoms with E-state index in [1.807, 2.05) is 24.3 Å². The van der Waals surface area contributed by atoms with Gasteiger partial charge in [-0.05, 0) is 25.3 Å². The fourth-order valence-electron chi connectivity index (χ4n) is 2.59. The summed E-state index contributed by atoms with van der Waals surface area (Å²) >= 11 is 0. The topological polar surface area (TPSA) is 29.5 Å². The van der Waals surface area contributed by atoms with E-state index in [4.69, 9.17) is 4.74 Å². The van der Waals surface area contributed by atoms with Crippen LogP contribution in [0, 0.1) is 5.92 Å². The molecule has 1 N–H and O–H groups in total. The second-order valence-electron chi connectivity index (χ2n) is 5.00. The van der Waals surface area contributed by atoms with Crippen molar-refractivity contribution in [2.45, 2.75) is 45.1 Å². The third kappa shape index (κ3) is 3.47. The molecule has 1 saturated carbocycles. The maximum absolute atomic E-state index is 9.64. The van der Waals surface area contributed by atoms with Gasteiger partial charge in [-0.25, -0.2) is 0 Å². The van der Waals surface area contributed by atoms with Crippen LogP contribution in [-0.4, -0.2) is 11.7 Å². The van der Waals surface area contributed by atoms with Gasteiger partial charge in [0.25, 0.3) is 0 Å². The first-order valence-electron chi connectivity index (χ1n) is 6.67. The number of benzene rings is 1. The molecular weight excluding hydrogens is 212 g/mol. The highest BCUT2D eigenvalue weighted by Crippen LogP contribution is 2.29. The fourth-order valence-corrected chi connectivity index (χ4v) is 2.59. The maximum atomic E-state index is 9.64. The van der Waals surface area contributed by atoms with Gasteiger partial charge in [0.15, 0.2) is 0 Å². The van der Waals surface area contributed by atoms with Crippen LogP contribution < -0.4 is 4.74 Å². The minimum atomic E-state index is -0.460. The molecule has 2 nitrogen and oxygen atoms in total. The van der Waals surface area contributed by atoms with E-state index < -0.39 is 6.10 Å². The van der Waals surface area contributed by atoms with E-state index in [0.29, 0.717) is 0 Å². The van der Waals surface area contributed by atoms with Gasteiger partial charge in [-0.1, -0.05) is 43.9 Å². The smallest absolute Gasteiger partial charge is 0.125 e. The summed E-state index contributed by atoms with van der Waals surface area (Å²) in [5.74, 6) is 1.69. The molecule has 1 aliphatic rings. The molecule has 1 aliphatic carbocycles. The molecule has 17 heavy (non-hydrogen) atoms. The number of para-hydroxylation sites is 1. The number of rotatable bonds is 5. The predicted molar refractivity (Wildman–Crippen MR) is 69.1 cm³/mol. The first-order chi connectivity index (χ1) is 8.27. The molecule has 0 aromatic heterocycles. The van der Waals surface area contributed by atoms with Crippen LogP contribution in [0.1, 0.15) is 50.7 Å². The van der Waals surface area contributed by atoms with Gasteiger partial charge in [-0.2, -0.15) is 0 Å². The van der Waals surface area contributed by atoms with Gasteiger partial charge >= 0.3 is 0 Å². The Morgan fingerprint density at radius 3 is 2.71 bits per heavy atom. The number of aliphatic hydroxyl groups excluding tert-OH is 1. The molecule has 1 unspecified atom stereocenters. The summed E-state index contributed by atoms with van der Waals surface area (Å²) in [6.45, 7) is 2.55. The highest BCUT2D eigenvalue weighted by atomic mass is 16.5. The zero-order valence-corrected chi connectivity index (χ0v) is 10.6. The Kier molecular flexibility index (Phi) is 4.43. The van der Waals surface area contributed by atoms with Gasteiger partial charge < -0.3 is 9.84 Å². The highest BCUT2D eigenvalue weighted by molar-refractivity contribution is 5.34. The summed E-state index contributed by atoms with van der Waals surface area (Å²) in [4.78, 5) is 0. The van der Waals surface area contributed by atoms with E-state index >= 15 is 0 Å². The Hall–Kier alpha value is -1.02. The Morgan fingerprint density at radius 2 is 2.00 bits per heavy atom. The summed E-state index contributed by atoms with van der Waals surface area (Å²) < 4.78 is 5.80. The SMILES string of the molecule is CC(O)c1ccccc1OCCC1CCCC1.